The Morgan fingerprint density at radius 1 is 1.42 bits per heavy atom. The van der Waals surface area contributed by atoms with Gasteiger partial charge in [0.15, 0.2) is 0 Å². The number of aromatic nitrogens is 2. The predicted molar refractivity (Wildman–Crippen MR) is 69.6 cm³/mol. The van der Waals surface area contributed by atoms with E-state index in [9.17, 15) is 4.39 Å². The van der Waals surface area contributed by atoms with Crippen LogP contribution >= 0.6 is 0 Å². The van der Waals surface area contributed by atoms with E-state index < -0.39 is 0 Å². The Hall–Kier alpha value is -2.68. The quantitative estimate of drug-likeness (QED) is 0.880. The topological polar surface area (TPSA) is 87.6 Å². The zero-order valence-corrected chi connectivity index (χ0v) is 10.3. The number of hydrogen-bond acceptors (Lipinski definition) is 5. The maximum absolute atomic E-state index is 13.2. The number of nitrogen functional groups attached to an aromatic ring is 1. The lowest BCUT2D eigenvalue weighted by Gasteiger charge is -2.16. The van der Waals surface area contributed by atoms with Crippen molar-refractivity contribution in [2.45, 2.75) is 13.0 Å². The molecule has 0 bridgehead atoms. The molecule has 0 saturated heterocycles. The van der Waals surface area contributed by atoms with Gasteiger partial charge in [0, 0.05) is 0 Å². The SMILES string of the molecule is CC(Nc1ncnc(N)c1C#N)c1cccc(F)c1. The van der Waals surface area contributed by atoms with Crippen LogP contribution in [0.3, 0.4) is 0 Å². The highest BCUT2D eigenvalue weighted by molar-refractivity contribution is 5.62. The molecule has 1 aromatic carbocycles. The molecule has 0 aliphatic rings. The molecule has 19 heavy (non-hydrogen) atoms. The summed E-state index contributed by atoms with van der Waals surface area (Å²) in [6.07, 6.45) is 1.27. The average Bonchev–Trinajstić information content (AvgIpc) is 2.39. The number of rotatable bonds is 3. The average molecular weight is 257 g/mol. The van der Waals surface area contributed by atoms with E-state index in [2.05, 4.69) is 15.3 Å². The maximum Gasteiger partial charge on any atom is 0.150 e. The molecule has 2 rings (SSSR count). The van der Waals surface area contributed by atoms with Crippen LogP contribution in [0.4, 0.5) is 16.0 Å². The van der Waals surface area contributed by atoms with Crippen LogP contribution in [0.5, 0.6) is 0 Å². The Morgan fingerprint density at radius 3 is 2.89 bits per heavy atom. The number of halogens is 1. The van der Waals surface area contributed by atoms with Gasteiger partial charge in [0.05, 0.1) is 6.04 Å². The summed E-state index contributed by atoms with van der Waals surface area (Å²) in [4.78, 5) is 7.73. The van der Waals surface area contributed by atoms with Gasteiger partial charge in [0.2, 0.25) is 0 Å². The van der Waals surface area contributed by atoms with Crippen LogP contribution in [-0.4, -0.2) is 9.97 Å². The predicted octanol–water partition coefficient (Wildman–Crippen LogP) is 2.24. The van der Waals surface area contributed by atoms with E-state index in [0.29, 0.717) is 5.82 Å². The van der Waals surface area contributed by atoms with Gasteiger partial charge in [-0.15, -0.1) is 0 Å². The van der Waals surface area contributed by atoms with Crippen molar-refractivity contribution in [2.24, 2.45) is 0 Å². The minimum atomic E-state index is -0.311. The Balaban J connectivity index is 2.27. The molecule has 5 nitrogen and oxygen atoms in total. The van der Waals surface area contributed by atoms with Gasteiger partial charge >= 0.3 is 0 Å². The highest BCUT2D eigenvalue weighted by atomic mass is 19.1. The van der Waals surface area contributed by atoms with Crippen LogP contribution in [0.25, 0.3) is 0 Å². The second-order valence-electron chi connectivity index (χ2n) is 4.02. The summed E-state index contributed by atoms with van der Waals surface area (Å²) < 4.78 is 13.2. The molecule has 2 aromatic rings. The van der Waals surface area contributed by atoms with Crippen molar-refractivity contribution in [1.82, 2.24) is 9.97 Å². The number of nitriles is 1. The lowest BCUT2D eigenvalue weighted by atomic mass is 10.1. The first-order valence-electron chi connectivity index (χ1n) is 5.64. The van der Waals surface area contributed by atoms with E-state index in [4.69, 9.17) is 11.0 Å². The van der Waals surface area contributed by atoms with Crippen LogP contribution in [0, 0.1) is 17.1 Å². The van der Waals surface area contributed by atoms with Gasteiger partial charge in [0.1, 0.15) is 35.4 Å². The molecular formula is C13H12FN5. The van der Waals surface area contributed by atoms with Crippen molar-refractivity contribution < 1.29 is 4.39 Å². The lowest BCUT2D eigenvalue weighted by molar-refractivity contribution is 0.623. The molecule has 0 aliphatic carbocycles. The number of nitrogens with one attached hydrogen (secondary N) is 1. The summed E-state index contributed by atoms with van der Waals surface area (Å²) in [7, 11) is 0. The van der Waals surface area contributed by atoms with Gasteiger partial charge in [-0.3, -0.25) is 0 Å². The van der Waals surface area contributed by atoms with Crippen molar-refractivity contribution >= 4 is 11.6 Å². The molecule has 0 aliphatic heterocycles. The highest BCUT2D eigenvalue weighted by Crippen LogP contribution is 2.22. The third kappa shape index (κ3) is 2.77. The normalized spacial score (nSPS) is 11.6. The minimum absolute atomic E-state index is 0.117. The van der Waals surface area contributed by atoms with Crippen LogP contribution in [-0.2, 0) is 0 Å². The summed E-state index contributed by atoms with van der Waals surface area (Å²) in [5, 5.41) is 12.0. The zero-order chi connectivity index (χ0) is 13.8. The molecule has 6 heteroatoms. The van der Waals surface area contributed by atoms with Crippen molar-refractivity contribution in [3.8, 4) is 6.07 Å². The largest absolute Gasteiger partial charge is 0.382 e. The lowest BCUT2D eigenvalue weighted by Crippen LogP contribution is -2.11. The van der Waals surface area contributed by atoms with E-state index in [1.807, 2.05) is 13.0 Å². The maximum atomic E-state index is 13.2. The molecule has 0 saturated carbocycles. The van der Waals surface area contributed by atoms with Crippen molar-refractivity contribution in [3.63, 3.8) is 0 Å². The first-order valence-corrected chi connectivity index (χ1v) is 5.64. The van der Waals surface area contributed by atoms with Gasteiger partial charge < -0.3 is 11.1 Å². The van der Waals surface area contributed by atoms with E-state index in [1.54, 1.807) is 12.1 Å². The zero-order valence-electron chi connectivity index (χ0n) is 10.3. The fourth-order valence-electron chi connectivity index (χ4n) is 1.68. The first-order chi connectivity index (χ1) is 9.11. The fourth-order valence-corrected chi connectivity index (χ4v) is 1.68. The number of anilines is 2. The second kappa shape index (κ2) is 5.31. The summed E-state index contributed by atoms with van der Waals surface area (Å²) in [5.74, 6) is 0.145. The Kier molecular flexibility index (Phi) is 3.57. The third-order valence-corrected chi connectivity index (χ3v) is 2.69. The smallest absolute Gasteiger partial charge is 0.150 e. The molecule has 0 fully saturated rings. The van der Waals surface area contributed by atoms with E-state index in [0.717, 1.165) is 5.56 Å². The van der Waals surface area contributed by atoms with Crippen molar-refractivity contribution in [1.29, 1.82) is 5.26 Å². The molecule has 1 heterocycles. The van der Waals surface area contributed by atoms with E-state index in [-0.39, 0.29) is 23.2 Å². The number of nitrogens with two attached hydrogens (primary N) is 1. The summed E-state index contributed by atoms with van der Waals surface area (Å²) in [5.41, 5.74) is 6.53. The summed E-state index contributed by atoms with van der Waals surface area (Å²) >= 11 is 0. The van der Waals surface area contributed by atoms with Gasteiger partial charge in [0.25, 0.3) is 0 Å². The molecule has 0 spiro atoms. The molecule has 1 unspecified atom stereocenters. The molecule has 0 radical (unpaired) electrons. The Bertz CT molecular complexity index is 635. The van der Waals surface area contributed by atoms with Crippen LogP contribution < -0.4 is 11.1 Å². The molecular weight excluding hydrogens is 245 g/mol. The van der Waals surface area contributed by atoms with Gasteiger partial charge in [-0.2, -0.15) is 5.26 Å². The van der Waals surface area contributed by atoms with E-state index in [1.165, 1.54) is 18.5 Å². The second-order valence-corrected chi connectivity index (χ2v) is 4.02. The van der Waals surface area contributed by atoms with E-state index >= 15 is 0 Å². The monoisotopic (exact) mass is 257 g/mol. The highest BCUT2D eigenvalue weighted by Gasteiger charge is 2.12. The third-order valence-electron chi connectivity index (χ3n) is 2.69. The summed E-state index contributed by atoms with van der Waals surface area (Å²) in [6, 6.07) is 7.95. The molecule has 3 N–H and O–H groups in total. The summed E-state index contributed by atoms with van der Waals surface area (Å²) in [6.45, 7) is 1.84. The van der Waals surface area contributed by atoms with Gasteiger partial charge in [-0.25, -0.2) is 14.4 Å². The number of benzene rings is 1. The van der Waals surface area contributed by atoms with Crippen molar-refractivity contribution in [3.05, 3.63) is 47.5 Å². The molecule has 96 valence electrons. The molecule has 1 atom stereocenters. The Labute approximate surface area is 109 Å². The van der Waals surface area contributed by atoms with Crippen LogP contribution in [0.1, 0.15) is 24.1 Å². The first kappa shape index (κ1) is 12.8. The van der Waals surface area contributed by atoms with Gasteiger partial charge in [-0.1, -0.05) is 12.1 Å². The van der Waals surface area contributed by atoms with Crippen LogP contribution in [0.15, 0.2) is 30.6 Å². The Morgan fingerprint density at radius 2 is 2.21 bits per heavy atom. The van der Waals surface area contributed by atoms with Crippen molar-refractivity contribution in [2.75, 3.05) is 11.1 Å². The minimum Gasteiger partial charge on any atom is -0.382 e. The number of hydrogen-bond donors (Lipinski definition) is 2. The van der Waals surface area contributed by atoms with Crippen LogP contribution in [0.2, 0.25) is 0 Å². The molecule has 0 amide bonds. The van der Waals surface area contributed by atoms with Gasteiger partial charge in [-0.05, 0) is 24.6 Å². The standard InChI is InChI=1S/C13H12FN5/c1-8(9-3-2-4-10(14)5-9)19-13-11(6-15)12(16)17-7-18-13/h2-5,7-8H,1H3,(H3,16,17,18,19). The number of nitrogens with zero attached hydrogens (tertiary/aromatic N) is 3. The fraction of sp³-hybridized carbons (Fsp3) is 0.154. The molecule has 1 aromatic heterocycles.